The van der Waals surface area contributed by atoms with Crippen molar-refractivity contribution in [1.29, 1.82) is 0 Å². The van der Waals surface area contributed by atoms with Crippen LogP contribution in [0.25, 0.3) is 16.8 Å². The lowest BCUT2D eigenvalue weighted by Crippen LogP contribution is -1.99. The van der Waals surface area contributed by atoms with E-state index in [4.69, 9.17) is 5.10 Å². The summed E-state index contributed by atoms with van der Waals surface area (Å²) in [5.41, 5.74) is 6.05. The van der Waals surface area contributed by atoms with E-state index in [0.717, 1.165) is 28.9 Å². The molecular formula is C21H24N2O. The largest absolute Gasteiger partial charge is 0.493 e. The van der Waals surface area contributed by atoms with Crippen molar-refractivity contribution in [3.63, 3.8) is 0 Å². The highest BCUT2D eigenvalue weighted by atomic mass is 16.3. The van der Waals surface area contributed by atoms with Gasteiger partial charge in [0, 0.05) is 0 Å². The van der Waals surface area contributed by atoms with Gasteiger partial charge < -0.3 is 5.11 Å². The van der Waals surface area contributed by atoms with Crippen molar-refractivity contribution < 1.29 is 5.11 Å². The van der Waals surface area contributed by atoms with Crippen LogP contribution in [0.4, 0.5) is 0 Å². The molecule has 124 valence electrons. The lowest BCUT2D eigenvalue weighted by molar-refractivity contribution is 0.435. The van der Waals surface area contributed by atoms with Gasteiger partial charge in [0.15, 0.2) is 0 Å². The van der Waals surface area contributed by atoms with Crippen LogP contribution in [-0.4, -0.2) is 14.9 Å². The minimum Gasteiger partial charge on any atom is -0.493 e. The molecule has 3 aromatic rings. The molecule has 0 amide bonds. The summed E-state index contributed by atoms with van der Waals surface area (Å²) >= 11 is 0. The Morgan fingerprint density at radius 2 is 1.46 bits per heavy atom. The van der Waals surface area contributed by atoms with Gasteiger partial charge in [0.1, 0.15) is 0 Å². The molecule has 0 radical (unpaired) electrons. The SMILES string of the molecule is Cc1ccc(-c2c(CC(C)C)nn(-c3ccc(C)cc3)c2O)cc1. The molecule has 1 aromatic heterocycles. The molecule has 0 unspecified atom stereocenters. The molecule has 0 bridgehead atoms. The van der Waals surface area contributed by atoms with Gasteiger partial charge in [-0.2, -0.15) is 5.10 Å². The van der Waals surface area contributed by atoms with Crippen LogP contribution in [0.5, 0.6) is 5.88 Å². The Kier molecular flexibility index (Phi) is 4.43. The van der Waals surface area contributed by atoms with Crippen molar-refractivity contribution in [3.05, 3.63) is 65.4 Å². The number of aromatic hydroxyl groups is 1. The molecule has 1 N–H and O–H groups in total. The van der Waals surface area contributed by atoms with Crippen molar-refractivity contribution in [1.82, 2.24) is 9.78 Å². The van der Waals surface area contributed by atoms with Gasteiger partial charge in [-0.25, -0.2) is 4.68 Å². The first-order chi connectivity index (χ1) is 11.5. The van der Waals surface area contributed by atoms with Gasteiger partial charge in [0.2, 0.25) is 5.88 Å². The van der Waals surface area contributed by atoms with Gasteiger partial charge in [-0.05, 0) is 43.9 Å². The number of nitrogens with zero attached hydrogens (tertiary/aromatic N) is 2. The van der Waals surface area contributed by atoms with Crippen molar-refractivity contribution >= 4 is 0 Å². The summed E-state index contributed by atoms with van der Waals surface area (Å²) in [6.45, 7) is 8.45. The van der Waals surface area contributed by atoms with Gasteiger partial charge >= 0.3 is 0 Å². The first kappa shape index (κ1) is 16.3. The van der Waals surface area contributed by atoms with Gasteiger partial charge in [0.25, 0.3) is 0 Å². The number of aromatic nitrogens is 2. The van der Waals surface area contributed by atoms with Crippen LogP contribution < -0.4 is 0 Å². The quantitative estimate of drug-likeness (QED) is 0.729. The Balaban J connectivity index is 2.15. The molecule has 0 saturated heterocycles. The molecule has 24 heavy (non-hydrogen) atoms. The van der Waals surface area contributed by atoms with E-state index >= 15 is 0 Å². The van der Waals surface area contributed by atoms with Crippen LogP contribution in [0.15, 0.2) is 48.5 Å². The predicted octanol–water partition coefficient (Wildman–Crippen LogP) is 5.06. The third-order valence-electron chi connectivity index (χ3n) is 4.15. The van der Waals surface area contributed by atoms with Crippen LogP contribution >= 0.6 is 0 Å². The monoisotopic (exact) mass is 320 g/mol. The average Bonchev–Trinajstić information content (AvgIpc) is 2.85. The Bertz CT molecular complexity index is 828. The normalized spacial score (nSPS) is 11.2. The molecule has 3 nitrogen and oxygen atoms in total. The Hall–Kier alpha value is -2.55. The van der Waals surface area contributed by atoms with Crippen LogP contribution in [0, 0.1) is 19.8 Å². The maximum absolute atomic E-state index is 10.9. The zero-order valence-electron chi connectivity index (χ0n) is 14.7. The van der Waals surface area contributed by atoms with Crippen molar-refractivity contribution in [2.75, 3.05) is 0 Å². The zero-order valence-corrected chi connectivity index (χ0v) is 14.7. The standard InChI is InChI=1S/C21H24N2O/c1-14(2)13-19-20(17-9-5-15(3)6-10-17)21(24)23(22-19)18-11-7-16(4)8-12-18/h5-12,14,24H,13H2,1-4H3. The number of hydrogen-bond donors (Lipinski definition) is 1. The highest BCUT2D eigenvalue weighted by Gasteiger charge is 2.20. The Labute approximate surface area is 143 Å². The molecule has 0 saturated carbocycles. The molecule has 2 aromatic carbocycles. The van der Waals surface area contributed by atoms with Gasteiger partial charge in [0.05, 0.1) is 16.9 Å². The van der Waals surface area contributed by atoms with E-state index in [1.807, 2.05) is 24.3 Å². The summed E-state index contributed by atoms with van der Waals surface area (Å²) in [5.74, 6) is 0.674. The summed E-state index contributed by atoms with van der Waals surface area (Å²) in [7, 11) is 0. The fraction of sp³-hybridized carbons (Fsp3) is 0.286. The first-order valence-corrected chi connectivity index (χ1v) is 8.40. The van der Waals surface area contributed by atoms with E-state index in [1.165, 1.54) is 11.1 Å². The topological polar surface area (TPSA) is 38.0 Å². The molecular weight excluding hydrogens is 296 g/mol. The number of aryl methyl sites for hydroxylation is 2. The molecule has 1 heterocycles. The number of rotatable bonds is 4. The van der Waals surface area contributed by atoms with Gasteiger partial charge in [-0.15, -0.1) is 0 Å². The van der Waals surface area contributed by atoms with Crippen molar-refractivity contribution in [2.24, 2.45) is 5.92 Å². The molecule has 0 spiro atoms. The zero-order chi connectivity index (χ0) is 17.3. The summed E-state index contributed by atoms with van der Waals surface area (Å²) in [6.07, 6.45) is 0.829. The fourth-order valence-corrected chi connectivity index (χ4v) is 2.86. The first-order valence-electron chi connectivity index (χ1n) is 8.40. The van der Waals surface area contributed by atoms with Gasteiger partial charge in [-0.3, -0.25) is 0 Å². The van der Waals surface area contributed by atoms with Gasteiger partial charge in [-0.1, -0.05) is 61.4 Å². The maximum Gasteiger partial charge on any atom is 0.222 e. The van der Waals surface area contributed by atoms with Crippen LogP contribution in [-0.2, 0) is 6.42 Å². The predicted molar refractivity (Wildman–Crippen MR) is 98.7 cm³/mol. The fourth-order valence-electron chi connectivity index (χ4n) is 2.86. The second-order valence-electron chi connectivity index (χ2n) is 6.86. The lowest BCUT2D eigenvalue weighted by Gasteiger charge is -2.06. The van der Waals surface area contributed by atoms with E-state index in [-0.39, 0.29) is 5.88 Å². The molecule has 0 aliphatic rings. The van der Waals surface area contributed by atoms with E-state index in [9.17, 15) is 5.11 Å². The molecule has 0 atom stereocenters. The molecule has 0 aliphatic heterocycles. The summed E-state index contributed by atoms with van der Waals surface area (Å²) in [6, 6.07) is 16.3. The third-order valence-corrected chi connectivity index (χ3v) is 4.15. The summed E-state index contributed by atoms with van der Waals surface area (Å²) in [4.78, 5) is 0. The Morgan fingerprint density at radius 3 is 2.00 bits per heavy atom. The van der Waals surface area contributed by atoms with Crippen molar-refractivity contribution in [2.45, 2.75) is 34.1 Å². The molecule has 3 heteroatoms. The van der Waals surface area contributed by atoms with E-state index in [0.29, 0.717) is 5.92 Å². The highest BCUT2D eigenvalue weighted by Crippen LogP contribution is 2.35. The third kappa shape index (κ3) is 3.21. The smallest absolute Gasteiger partial charge is 0.222 e. The summed E-state index contributed by atoms with van der Waals surface area (Å²) in [5, 5.41) is 15.6. The van der Waals surface area contributed by atoms with E-state index in [2.05, 4.69) is 52.0 Å². The minimum absolute atomic E-state index is 0.207. The van der Waals surface area contributed by atoms with Crippen LogP contribution in [0.2, 0.25) is 0 Å². The number of benzene rings is 2. The lowest BCUT2D eigenvalue weighted by atomic mass is 9.99. The number of hydrogen-bond acceptors (Lipinski definition) is 2. The van der Waals surface area contributed by atoms with Crippen LogP contribution in [0.1, 0.15) is 30.7 Å². The molecule has 3 rings (SSSR count). The van der Waals surface area contributed by atoms with Crippen molar-refractivity contribution in [3.8, 4) is 22.7 Å². The molecule has 0 aliphatic carbocycles. The highest BCUT2D eigenvalue weighted by molar-refractivity contribution is 5.72. The maximum atomic E-state index is 10.9. The van der Waals surface area contributed by atoms with Crippen LogP contribution in [0.3, 0.4) is 0 Å². The second kappa shape index (κ2) is 6.52. The second-order valence-corrected chi connectivity index (χ2v) is 6.86. The summed E-state index contributed by atoms with van der Waals surface area (Å²) < 4.78 is 1.65. The Morgan fingerprint density at radius 1 is 0.917 bits per heavy atom. The van der Waals surface area contributed by atoms with E-state index in [1.54, 1.807) is 4.68 Å². The minimum atomic E-state index is 0.207. The van der Waals surface area contributed by atoms with E-state index < -0.39 is 0 Å². The molecule has 0 fully saturated rings. The average molecular weight is 320 g/mol.